The highest BCUT2D eigenvalue weighted by molar-refractivity contribution is 9.10. The van der Waals surface area contributed by atoms with Crippen LogP contribution in [0.15, 0.2) is 22.7 Å². The van der Waals surface area contributed by atoms with Crippen LogP contribution in [0.2, 0.25) is 5.02 Å². The number of benzene rings is 1. The topological polar surface area (TPSA) is 17.1 Å². The van der Waals surface area contributed by atoms with Crippen molar-refractivity contribution in [2.24, 2.45) is 5.92 Å². The summed E-state index contributed by atoms with van der Waals surface area (Å²) in [6, 6.07) is 5.79. The van der Waals surface area contributed by atoms with Gasteiger partial charge in [0.15, 0.2) is 0 Å². The highest BCUT2D eigenvalue weighted by Crippen LogP contribution is 2.24. The summed E-state index contributed by atoms with van der Waals surface area (Å²) < 4.78 is 0.965. The summed E-state index contributed by atoms with van der Waals surface area (Å²) in [6.45, 7) is 3.67. The molecule has 0 aromatic heterocycles. The van der Waals surface area contributed by atoms with Gasteiger partial charge in [0.2, 0.25) is 0 Å². The van der Waals surface area contributed by atoms with Crippen LogP contribution in [0, 0.1) is 5.92 Å². The molecule has 0 saturated heterocycles. The van der Waals surface area contributed by atoms with E-state index >= 15 is 0 Å². The van der Waals surface area contributed by atoms with E-state index in [4.69, 9.17) is 11.6 Å². The second-order valence-electron chi connectivity index (χ2n) is 3.66. The van der Waals surface area contributed by atoms with E-state index in [1.807, 2.05) is 25.1 Å². The molecule has 0 radical (unpaired) electrons. The van der Waals surface area contributed by atoms with Crippen molar-refractivity contribution in [3.05, 3.63) is 33.3 Å². The van der Waals surface area contributed by atoms with E-state index in [0.29, 0.717) is 0 Å². The Balaban J connectivity index is 2.84. The van der Waals surface area contributed by atoms with Crippen LogP contribution in [0.5, 0.6) is 0 Å². The quantitative estimate of drug-likeness (QED) is 0.809. The zero-order valence-electron chi connectivity index (χ0n) is 8.89. The van der Waals surface area contributed by atoms with Crippen molar-refractivity contribution in [2.75, 3.05) is 0 Å². The number of halogens is 2. The van der Waals surface area contributed by atoms with Gasteiger partial charge in [-0.2, -0.15) is 0 Å². The Hall–Kier alpha value is -0.340. The van der Waals surface area contributed by atoms with E-state index in [1.165, 1.54) is 0 Å². The summed E-state index contributed by atoms with van der Waals surface area (Å²) >= 11 is 9.45. The molecule has 0 bridgehead atoms. The standard InChI is InChI=1S/C12H14BrClO/c1-3-9(8(2)15)6-10-4-5-11(13)7-12(10)14/h4-5,7,9H,3,6H2,1-2H3. The fourth-order valence-electron chi connectivity index (χ4n) is 1.53. The van der Waals surface area contributed by atoms with Crippen LogP contribution in [0.3, 0.4) is 0 Å². The lowest BCUT2D eigenvalue weighted by molar-refractivity contribution is -0.120. The first-order valence-electron chi connectivity index (χ1n) is 4.99. The lowest BCUT2D eigenvalue weighted by Gasteiger charge is -2.12. The first-order valence-corrected chi connectivity index (χ1v) is 6.16. The molecule has 0 aliphatic heterocycles. The average Bonchev–Trinajstić information content (AvgIpc) is 2.16. The summed E-state index contributed by atoms with van der Waals surface area (Å²) in [5, 5.41) is 0.726. The Kier molecular flexibility index (Phi) is 4.81. The molecule has 1 aromatic carbocycles. The van der Waals surface area contributed by atoms with Crippen LogP contribution in [0.25, 0.3) is 0 Å². The lowest BCUT2D eigenvalue weighted by atomic mass is 9.94. The summed E-state index contributed by atoms with van der Waals surface area (Å²) in [5.74, 6) is 0.320. The Morgan fingerprint density at radius 3 is 2.67 bits per heavy atom. The molecule has 0 fully saturated rings. The van der Waals surface area contributed by atoms with Crippen molar-refractivity contribution in [3.8, 4) is 0 Å². The van der Waals surface area contributed by atoms with Gasteiger partial charge in [0, 0.05) is 15.4 Å². The molecule has 0 amide bonds. The molecule has 0 saturated carbocycles. The first-order chi connectivity index (χ1) is 7.04. The molecule has 1 aromatic rings. The van der Waals surface area contributed by atoms with Crippen molar-refractivity contribution in [3.63, 3.8) is 0 Å². The molecule has 1 unspecified atom stereocenters. The second kappa shape index (κ2) is 5.66. The summed E-state index contributed by atoms with van der Waals surface area (Å²) in [5.41, 5.74) is 1.04. The zero-order chi connectivity index (χ0) is 11.4. The Morgan fingerprint density at radius 1 is 1.53 bits per heavy atom. The van der Waals surface area contributed by atoms with Gasteiger partial charge >= 0.3 is 0 Å². The maximum Gasteiger partial charge on any atom is 0.133 e. The van der Waals surface area contributed by atoms with Gasteiger partial charge in [0.25, 0.3) is 0 Å². The number of hydrogen-bond donors (Lipinski definition) is 0. The predicted octanol–water partition coefficient (Wildman–Crippen LogP) is 4.26. The van der Waals surface area contributed by atoms with Crippen LogP contribution in [-0.4, -0.2) is 5.78 Å². The molecule has 0 N–H and O–H groups in total. The molecule has 15 heavy (non-hydrogen) atoms. The first kappa shape index (κ1) is 12.7. The number of carbonyl (C=O) groups excluding carboxylic acids is 1. The van der Waals surface area contributed by atoms with Crippen molar-refractivity contribution in [1.82, 2.24) is 0 Å². The number of Topliss-reactive ketones (excluding diaryl/α,β-unsaturated/α-hetero) is 1. The highest BCUT2D eigenvalue weighted by Gasteiger charge is 2.14. The predicted molar refractivity (Wildman–Crippen MR) is 67.3 cm³/mol. The number of carbonyl (C=O) groups is 1. The fourth-order valence-corrected chi connectivity index (χ4v) is 2.28. The van der Waals surface area contributed by atoms with Crippen LogP contribution in [0.4, 0.5) is 0 Å². The maximum atomic E-state index is 11.3. The van der Waals surface area contributed by atoms with E-state index in [0.717, 1.165) is 27.9 Å². The molecule has 0 aliphatic carbocycles. The summed E-state index contributed by atoms with van der Waals surface area (Å²) in [7, 11) is 0. The molecule has 0 spiro atoms. The van der Waals surface area contributed by atoms with Gasteiger partial charge < -0.3 is 0 Å². The largest absolute Gasteiger partial charge is 0.300 e. The third kappa shape index (κ3) is 3.62. The van der Waals surface area contributed by atoms with E-state index in [1.54, 1.807) is 6.92 Å². The SMILES string of the molecule is CCC(Cc1ccc(Br)cc1Cl)C(C)=O. The van der Waals surface area contributed by atoms with Crippen LogP contribution in [0.1, 0.15) is 25.8 Å². The van der Waals surface area contributed by atoms with Gasteiger partial charge in [-0.25, -0.2) is 0 Å². The van der Waals surface area contributed by atoms with Gasteiger partial charge in [-0.3, -0.25) is 4.79 Å². The summed E-state index contributed by atoms with van der Waals surface area (Å²) in [4.78, 5) is 11.3. The smallest absolute Gasteiger partial charge is 0.133 e. The Bertz CT molecular complexity index is 363. The number of hydrogen-bond acceptors (Lipinski definition) is 1. The summed E-state index contributed by atoms with van der Waals surface area (Å²) in [6.07, 6.45) is 1.60. The van der Waals surface area contributed by atoms with Gasteiger partial charge in [-0.1, -0.05) is 40.5 Å². The molecule has 1 rings (SSSR count). The van der Waals surface area contributed by atoms with Gasteiger partial charge in [-0.05, 0) is 37.5 Å². The zero-order valence-corrected chi connectivity index (χ0v) is 11.2. The van der Waals surface area contributed by atoms with E-state index in [-0.39, 0.29) is 11.7 Å². The van der Waals surface area contributed by atoms with Gasteiger partial charge in [0.1, 0.15) is 5.78 Å². The van der Waals surface area contributed by atoms with Crippen LogP contribution in [-0.2, 0) is 11.2 Å². The molecular weight excluding hydrogens is 275 g/mol. The third-order valence-corrected chi connectivity index (χ3v) is 3.39. The molecule has 3 heteroatoms. The van der Waals surface area contributed by atoms with Crippen molar-refractivity contribution >= 4 is 33.3 Å². The van der Waals surface area contributed by atoms with E-state index in [2.05, 4.69) is 15.9 Å². The highest BCUT2D eigenvalue weighted by atomic mass is 79.9. The fraction of sp³-hybridized carbons (Fsp3) is 0.417. The lowest BCUT2D eigenvalue weighted by Crippen LogP contribution is -2.12. The molecular formula is C12H14BrClO. The molecule has 0 heterocycles. The minimum Gasteiger partial charge on any atom is -0.300 e. The molecule has 1 atom stereocenters. The van der Waals surface area contributed by atoms with Gasteiger partial charge in [-0.15, -0.1) is 0 Å². The maximum absolute atomic E-state index is 11.3. The minimum absolute atomic E-state index is 0.0867. The Morgan fingerprint density at radius 2 is 2.20 bits per heavy atom. The molecule has 82 valence electrons. The minimum atomic E-state index is 0.0867. The monoisotopic (exact) mass is 288 g/mol. The van der Waals surface area contributed by atoms with Crippen molar-refractivity contribution in [1.29, 1.82) is 0 Å². The van der Waals surface area contributed by atoms with Gasteiger partial charge in [0.05, 0.1) is 0 Å². The average molecular weight is 290 g/mol. The van der Waals surface area contributed by atoms with Crippen LogP contribution < -0.4 is 0 Å². The Labute approximate surface area is 104 Å². The molecule has 0 aliphatic rings. The van der Waals surface area contributed by atoms with Crippen molar-refractivity contribution < 1.29 is 4.79 Å². The van der Waals surface area contributed by atoms with Crippen molar-refractivity contribution in [2.45, 2.75) is 26.7 Å². The van der Waals surface area contributed by atoms with Crippen LogP contribution >= 0.6 is 27.5 Å². The normalized spacial score (nSPS) is 12.5. The molecule has 1 nitrogen and oxygen atoms in total. The number of ketones is 1. The van der Waals surface area contributed by atoms with E-state index < -0.39 is 0 Å². The van der Waals surface area contributed by atoms with E-state index in [9.17, 15) is 4.79 Å². The number of rotatable bonds is 4. The second-order valence-corrected chi connectivity index (χ2v) is 4.98. The third-order valence-electron chi connectivity index (χ3n) is 2.55.